The highest BCUT2D eigenvalue weighted by Crippen LogP contribution is 2.38. The number of benzene rings is 1. The van der Waals surface area contributed by atoms with E-state index in [1.165, 1.54) is 6.42 Å². The van der Waals surface area contributed by atoms with Crippen LogP contribution in [0.3, 0.4) is 0 Å². The van der Waals surface area contributed by atoms with Crippen molar-refractivity contribution in [1.82, 2.24) is 15.1 Å². The molecular weight excluding hydrogens is 304 g/mol. The number of amides is 2. The molecule has 6 nitrogen and oxygen atoms in total. The van der Waals surface area contributed by atoms with Crippen molar-refractivity contribution in [1.29, 1.82) is 0 Å². The highest BCUT2D eigenvalue weighted by atomic mass is 16.2. The van der Waals surface area contributed by atoms with Crippen LogP contribution in [0, 0.1) is 6.92 Å². The lowest BCUT2D eigenvalue weighted by atomic mass is 9.80. The van der Waals surface area contributed by atoms with Crippen molar-refractivity contribution in [2.45, 2.75) is 32.1 Å². The zero-order valence-corrected chi connectivity index (χ0v) is 14.2. The lowest BCUT2D eigenvalue weighted by molar-refractivity contribution is 0.0961. The third-order valence-electron chi connectivity index (χ3n) is 4.70. The first kappa shape index (κ1) is 16.2. The summed E-state index contributed by atoms with van der Waals surface area (Å²) in [6.07, 6.45) is 5.22. The second-order valence-corrected chi connectivity index (χ2v) is 6.26. The van der Waals surface area contributed by atoms with Gasteiger partial charge in [0.2, 0.25) is 0 Å². The summed E-state index contributed by atoms with van der Waals surface area (Å²) in [5.74, 6) is 0.0630. The Hall–Kier alpha value is -2.63. The summed E-state index contributed by atoms with van der Waals surface area (Å²) >= 11 is 0. The minimum Gasteiger partial charge on any atom is -0.355 e. The van der Waals surface area contributed by atoms with E-state index in [-0.39, 0.29) is 11.8 Å². The summed E-state index contributed by atoms with van der Waals surface area (Å²) in [5, 5.41) is 9.78. The quantitative estimate of drug-likeness (QED) is 0.907. The number of aromatic nitrogens is 2. The summed E-state index contributed by atoms with van der Waals surface area (Å²) in [7, 11) is 3.37. The molecule has 0 aliphatic heterocycles. The Bertz CT molecular complexity index is 790. The van der Waals surface area contributed by atoms with Gasteiger partial charge in [-0.2, -0.15) is 5.10 Å². The Morgan fingerprint density at radius 3 is 2.62 bits per heavy atom. The van der Waals surface area contributed by atoms with Gasteiger partial charge >= 0.3 is 0 Å². The molecule has 24 heavy (non-hydrogen) atoms. The number of carbonyl (C=O) groups excluding carboxylic acids is 2. The molecular formula is C18H22N4O2. The molecule has 126 valence electrons. The van der Waals surface area contributed by atoms with E-state index in [1.54, 1.807) is 37.1 Å². The lowest BCUT2D eigenvalue weighted by Crippen LogP contribution is -2.22. The van der Waals surface area contributed by atoms with E-state index in [0.29, 0.717) is 22.9 Å². The first-order chi connectivity index (χ1) is 11.5. The molecule has 1 aromatic carbocycles. The fourth-order valence-electron chi connectivity index (χ4n) is 2.97. The minimum atomic E-state index is -0.186. The van der Waals surface area contributed by atoms with Gasteiger partial charge < -0.3 is 10.6 Å². The molecule has 1 aliphatic carbocycles. The van der Waals surface area contributed by atoms with Crippen molar-refractivity contribution in [3.8, 4) is 0 Å². The molecule has 1 aromatic heterocycles. The molecule has 3 rings (SSSR count). The molecule has 0 atom stereocenters. The maximum Gasteiger partial charge on any atom is 0.274 e. The van der Waals surface area contributed by atoms with E-state index < -0.39 is 0 Å². The summed E-state index contributed by atoms with van der Waals surface area (Å²) in [6, 6.07) is 5.27. The van der Waals surface area contributed by atoms with Gasteiger partial charge in [-0.15, -0.1) is 0 Å². The van der Waals surface area contributed by atoms with Gasteiger partial charge in [0.25, 0.3) is 11.8 Å². The molecule has 0 radical (unpaired) electrons. The van der Waals surface area contributed by atoms with E-state index >= 15 is 0 Å². The Labute approximate surface area is 141 Å². The summed E-state index contributed by atoms with van der Waals surface area (Å²) in [6.45, 7) is 1.90. The van der Waals surface area contributed by atoms with Crippen molar-refractivity contribution in [2.24, 2.45) is 7.05 Å². The summed E-state index contributed by atoms with van der Waals surface area (Å²) in [4.78, 5) is 24.6. The monoisotopic (exact) mass is 326 g/mol. The minimum absolute atomic E-state index is 0.179. The third kappa shape index (κ3) is 2.91. The standard InChI is InChI=1S/C18H22N4O2/c1-11-7-8-13(17(23)19-2)9-15(11)21-18(24)16-14(10-20-22(16)3)12-5-4-6-12/h7-10,12H,4-6H2,1-3H3,(H,19,23)(H,21,24). The van der Waals surface area contributed by atoms with E-state index in [0.717, 1.165) is 24.0 Å². The number of nitrogens with one attached hydrogen (secondary N) is 2. The zero-order chi connectivity index (χ0) is 17.3. The van der Waals surface area contributed by atoms with Crippen LogP contribution in [0.1, 0.15) is 57.2 Å². The number of carbonyl (C=O) groups is 2. The van der Waals surface area contributed by atoms with Gasteiger partial charge in [0.05, 0.1) is 6.20 Å². The Balaban J connectivity index is 1.88. The molecule has 0 bridgehead atoms. The molecule has 1 heterocycles. The summed E-state index contributed by atoms with van der Waals surface area (Å²) in [5.41, 5.74) is 3.68. The van der Waals surface area contributed by atoms with Gasteiger partial charge in [0, 0.05) is 30.9 Å². The maximum atomic E-state index is 12.8. The highest BCUT2D eigenvalue weighted by Gasteiger charge is 2.27. The molecule has 0 spiro atoms. The topological polar surface area (TPSA) is 76.0 Å². The van der Waals surface area contributed by atoms with Crippen LogP contribution in [0.5, 0.6) is 0 Å². The van der Waals surface area contributed by atoms with E-state index in [1.807, 2.05) is 13.0 Å². The van der Waals surface area contributed by atoms with E-state index in [9.17, 15) is 9.59 Å². The second-order valence-electron chi connectivity index (χ2n) is 6.26. The molecule has 1 aliphatic rings. The largest absolute Gasteiger partial charge is 0.355 e. The molecule has 0 saturated heterocycles. The molecule has 1 fully saturated rings. The number of hydrogen-bond acceptors (Lipinski definition) is 3. The summed E-state index contributed by atoms with van der Waals surface area (Å²) < 4.78 is 1.63. The Morgan fingerprint density at radius 1 is 1.25 bits per heavy atom. The SMILES string of the molecule is CNC(=O)c1ccc(C)c(NC(=O)c2c(C3CCC3)cnn2C)c1. The van der Waals surface area contributed by atoms with Crippen LogP contribution in [0.4, 0.5) is 5.69 Å². The van der Waals surface area contributed by atoms with E-state index in [4.69, 9.17) is 0 Å². The normalized spacial score (nSPS) is 14.1. The number of nitrogens with zero attached hydrogens (tertiary/aromatic N) is 2. The predicted octanol–water partition coefficient (Wildman–Crippen LogP) is 2.61. The first-order valence-electron chi connectivity index (χ1n) is 8.17. The first-order valence-corrected chi connectivity index (χ1v) is 8.17. The lowest BCUT2D eigenvalue weighted by Gasteiger charge is -2.25. The van der Waals surface area contributed by atoms with Gasteiger partial charge in [-0.25, -0.2) is 0 Å². The fourth-order valence-corrected chi connectivity index (χ4v) is 2.97. The van der Waals surface area contributed by atoms with Crippen LogP contribution in [-0.2, 0) is 7.05 Å². The Kier molecular flexibility index (Phi) is 4.38. The molecule has 6 heteroatoms. The van der Waals surface area contributed by atoms with E-state index in [2.05, 4.69) is 15.7 Å². The number of anilines is 1. The van der Waals surface area contributed by atoms with Crippen molar-refractivity contribution in [2.75, 3.05) is 12.4 Å². The average molecular weight is 326 g/mol. The van der Waals surface area contributed by atoms with Gasteiger partial charge in [0.15, 0.2) is 0 Å². The maximum absolute atomic E-state index is 12.8. The second kappa shape index (κ2) is 6.47. The third-order valence-corrected chi connectivity index (χ3v) is 4.70. The highest BCUT2D eigenvalue weighted by molar-refractivity contribution is 6.05. The molecule has 2 N–H and O–H groups in total. The van der Waals surface area contributed by atoms with Gasteiger partial charge in [0.1, 0.15) is 5.69 Å². The van der Waals surface area contributed by atoms with Crippen LogP contribution in [0.2, 0.25) is 0 Å². The van der Waals surface area contributed by atoms with Crippen molar-refractivity contribution >= 4 is 17.5 Å². The predicted molar refractivity (Wildman–Crippen MR) is 92.3 cm³/mol. The number of hydrogen-bond donors (Lipinski definition) is 2. The van der Waals surface area contributed by atoms with Crippen molar-refractivity contribution in [3.63, 3.8) is 0 Å². The molecule has 0 unspecified atom stereocenters. The van der Waals surface area contributed by atoms with Crippen LogP contribution in [0.15, 0.2) is 24.4 Å². The number of aryl methyl sites for hydroxylation is 2. The van der Waals surface area contributed by atoms with Crippen LogP contribution >= 0.6 is 0 Å². The molecule has 1 saturated carbocycles. The smallest absolute Gasteiger partial charge is 0.274 e. The van der Waals surface area contributed by atoms with Gasteiger partial charge in [-0.05, 0) is 43.4 Å². The van der Waals surface area contributed by atoms with Crippen LogP contribution in [0.25, 0.3) is 0 Å². The number of rotatable bonds is 4. The van der Waals surface area contributed by atoms with Crippen molar-refractivity contribution in [3.05, 3.63) is 46.8 Å². The fraction of sp³-hybridized carbons (Fsp3) is 0.389. The molecule has 2 amide bonds. The zero-order valence-electron chi connectivity index (χ0n) is 14.2. The van der Waals surface area contributed by atoms with Crippen LogP contribution in [-0.4, -0.2) is 28.6 Å². The molecule has 2 aromatic rings. The average Bonchev–Trinajstić information content (AvgIpc) is 2.88. The van der Waals surface area contributed by atoms with Gasteiger partial charge in [-0.1, -0.05) is 12.5 Å². The van der Waals surface area contributed by atoms with Crippen LogP contribution < -0.4 is 10.6 Å². The van der Waals surface area contributed by atoms with Crippen molar-refractivity contribution < 1.29 is 9.59 Å². The van der Waals surface area contributed by atoms with Gasteiger partial charge in [-0.3, -0.25) is 14.3 Å². The Morgan fingerprint density at radius 2 is 2.00 bits per heavy atom.